The molecular formula is C16H22N4OS. The molecule has 0 saturated heterocycles. The van der Waals surface area contributed by atoms with Crippen LogP contribution in [-0.4, -0.2) is 29.0 Å². The normalized spacial score (nSPS) is 10.8. The van der Waals surface area contributed by atoms with Crippen molar-refractivity contribution >= 4 is 23.1 Å². The Labute approximate surface area is 135 Å². The summed E-state index contributed by atoms with van der Waals surface area (Å²) in [6, 6.07) is 4.04. The van der Waals surface area contributed by atoms with Crippen LogP contribution in [0.3, 0.4) is 0 Å². The summed E-state index contributed by atoms with van der Waals surface area (Å²) in [5.74, 6) is 0.735. The third-order valence-electron chi connectivity index (χ3n) is 3.51. The first kappa shape index (κ1) is 16.4. The third kappa shape index (κ3) is 4.04. The van der Waals surface area contributed by atoms with Crippen molar-refractivity contribution in [2.24, 2.45) is 0 Å². The molecule has 0 unspecified atom stereocenters. The van der Waals surface area contributed by atoms with Gasteiger partial charge in [-0.15, -0.1) is 11.3 Å². The number of aromatic nitrogens is 2. The van der Waals surface area contributed by atoms with E-state index in [-0.39, 0.29) is 5.91 Å². The highest BCUT2D eigenvalue weighted by Gasteiger charge is 2.10. The lowest BCUT2D eigenvalue weighted by Gasteiger charge is -2.22. The fourth-order valence-corrected chi connectivity index (χ4v) is 2.66. The number of aryl methyl sites for hydroxylation is 1. The molecule has 1 N–H and O–H groups in total. The fourth-order valence-electron chi connectivity index (χ4n) is 1.84. The maximum Gasteiger partial charge on any atom is 0.253 e. The first-order chi connectivity index (χ1) is 10.5. The average molecular weight is 318 g/mol. The highest BCUT2D eigenvalue weighted by molar-refractivity contribution is 7.09. The zero-order chi connectivity index (χ0) is 16.1. The Morgan fingerprint density at radius 3 is 2.73 bits per heavy atom. The molecule has 0 bridgehead atoms. The maximum absolute atomic E-state index is 12.1. The molecule has 0 aliphatic rings. The molecule has 6 heteroatoms. The van der Waals surface area contributed by atoms with Gasteiger partial charge in [-0.3, -0.25) is 4.79 Å². The van der Waals surface area contributed by atoms with E-state index in [1.54, 1.807) is 23.6 Å². The van der Waals surface area contributed by atoms with Crippen LogP contribution in [0.25, 0.3) is 0 Å². The van der Waals surface area contributed by atoms with Crippen LogP contribution in [-0.2, 0) is 13.0 Å². The molecule has 2 aromatic heterocycles. The molecule has 2 heterocycles. The Balaban J connectivity index is 1.95. The van der Waals surface area contributed by atoms with Crippen molar-refractivity contribution < 1.29 is 4.79 Å². The van der Waals surface area contributed by atoms with Crippen molar-refractivity contribution in [2.75, 3.05) is 11.9 Å². The lowest BCUT2D eigenvalue weighted by Crippen LogP contribution is -2.27. The van der Waals surface area contributed by atoms with Crippen LogP contribution in [0.1, 0.15) is 41.8 Å². The predicted octanol–water partition coefficient (Wildman–Crippen LogP) is 2.88. The smallest absolute Gasteiger partial charge is 0.253 e. The molecule has 0 radical (unpaired) electrons. The van der Waals surface area contributed by atoms with E-state index in [0.29, 0.717) is 18.2 Å². The van der Waals surface area contributed by atoms with Gasteiger partial charge in [0.25, 0.3) is 5.91 Å². The van der Waals surface area contributed by atoms with Gasteiger partial charge >= 0.3 is 0 Å². The first-order valence-electron chi connectivity index (χ1n) is 7.41. The molecule has 0 aliphatic carbocycles. The van der Waals surface area contributed by atoms with Crippen molar-refractivity contribution in [2.45, 2.75) is 39.8 Å². The molecule has 0 saturated carbocycles. The summed E-state index contributed by atoms with van der Waals surface area (Å²) in [5, 5.41) is 5.83. The van der Waals surface area contributed by atoms with E-state index in [0.717, 1.165) is 22.9 Å². The lowest BCUT2D eigenvalue weighted by molar-refractivity contribution is 0.0950. The van der Waals surface area contributed by atoms with Crippen molar-refractivity contribution in [3.05, 3.63) is 40.0 Å². The van der Waals surface area contributed by atoms with Crippen molar-refractivity contribution in [1.29, 1.82) is 0 Å². The van der Waals surface area contributed by atoms with Crippen LogP contribution in [0.5, 0.6) is 0 Å². The second kappa shape index (κ2) is 7.35. The number of carbonyl (C=O) groups is 1. The molecular weight excluding hydrogens is 296 g/mol. The van der Waals surface area contributed by atoms with E-state index in [4.69, 9.17) is 0 Å². The standard InChI is InChI=1S/C16H22N4OS/c1-5-13-10-22-15(19-13)9-18-16(21)12-6-7-14(17-8-12)20(4)11(2)3/h6-8,10-11H,5,9H2,1-4H3,(H,18,21). The minimum Gasteiger partial charge on any atom is -0.357 e. The van der Waals surface area contributed by atoms with Crippen LogP contribution in [0.2, 0.25) is 0 Å². The molecule has 0 aromatic carbocycles. The van der Waals surface area contributed by atoms with Gasteiger partial charge in [0.05, 0.1) is 17.8 Å². The molecule has 2 rings (SSSR count). The van der Waals surface area contributed by atoms with Gasteiger partial charge in [0.1, 0.15) is 10.8 Å². The van der Waals surface area contributed by atoms with E-state index < -0.39 is 0 Å². The number of nitrogens with zero attached hydrogens (tertiary/aromatic N) is 3. The summed E-state index contributed by atoms with van der Waals surface area (Å²) in [6.45, 7) is 6.72. The van der Waals surface area contributed by atoms with E-state index in [1.807, 2.05) is 18.5 Å². The summed E-state index contributed by atoms with van der Waals surface area (Å²) in [5.41, 5.74) is 1.63. The molecule has 0 fully saturated rings. The van der Waals surface area contributed by atoms with E-state index in [9.17, 15) is 4.79 Å². The van der Waals surface area contributed by atoms with Crippen LogP contribution < -0.4 is 10.2 Å². The van der Waals surface area contributed by atoms with Gasteiger partial charge in [-0.05, 0) is 32.4 Å². The predicted molar refractivity (Wildman–Crippen MR) is 90.4 cm³/mol. The number of thiazole rings is 1. The lowest BCUT2D eigenvalue weighted by atomic mass is 10.2. The number of nitrogens with one attached hydrogen (secondary N) is 1. The van der Waals surface area contributed by atoms with Crippen LogP contribution >= 0.6 is 11.3 Å². The van der Waals surface area contributed by atoms with Gasteiger partial charge in [0.15, 0.2) is 0 Å². The number of hydrogen-bond donors (Lipinski definition) is 1. The Morgan fingerprint density at radius 2 is 2.18 bits per heavy atom. The van der Waals surface area contributed by atoms with Crippen LogP contribution in [0.4, 0.5) is 5.82 Å². The van der Waals surface area contributed by atoms with Gasteiger partial charge < -0.3 is 10.2 Å². The number of anilines is 1. The molecule has 0 spiro atoms. The summed E-state index contributed by atoms with van der Waals surface area (Å²) >= 11 is 1.57. The van der Waals surface area contributed by atoms with Crippen molar-refractivity contribution in [3.63, 3.8) is 0 Å². The minimum absolute atomic E-state index is 0.125. The number of carbonyl (C=O) groups excluding carboxylic acids is 1. The van der Waals surface area contributed by atoms with Crippen LogP contribution in [0.15, 0.2) is 23.7 Å². The molecule has 1 amide bonds. The summed E-state index contributed by atoms with van der Waals surface area (Å²) in [7, 11) is 1.99. The van der Waals surface area contributed by atoms with Gasteiger partial charge in [0, 0.05) is 24.7 Å². The maximum atomic E-state index is 12.1. The molecule has 118 valence electrons. The largest absolute Gasteiger partial charge is 0.357 e. The van der Waals surface area contributed by atoms with Gasteiger partial charge in [0.2, 0.25) is 0 Å². The van der Waals surface area contributed by atoms with E-state index in [2.05, 4.69) is 41.0 Å². The Kier molecular flexibility index (Phi) is 5.49. The fraction of sp³-hybridized carbons (Fsp3) is 0.438. The number of pyridine rings is 1. The zero-order valence-electron chi connectivity index (χ0n) is 13.5. The van der Waals surface area contributed by atoms with Crippen molar-refractivity contribution in [1.82, 2.24) is 15.3 Å². The van der Waals surface area contributed by atoms with Crippen molar-refractivity contribution in [3.8, 4) is 0 Å². The first-order valence-corrected chi connectivity index (χ1v) is 8.29. The SMILES string of the molecule is CCc1csc(CNC(=O)c2ccc(N(C)C(C)C)nc2)n1. The zero-order valence-corrected chi connectivity index (χ0v) is 14.3. The highest BCUT2D eigenvalue weighted by Crippen LogP contribution is 2.13. The molecule has 22 heavy (non-hydrogen) atoms. The summed E-state index contributed by atoms with van der Waals surface area (Å²) < 4.78 is 0. The monoisotopic (exact) mass is 318 g/mol. The second-order valence-corrected chi connectivity index (χ2v) is 6.32. The molecule has 0 aliphatic heterocycles. The van der Waals surface area contributed by atoms with Gasteiger partial charge in [-0.25, -0.2) is 9.97 Å². The summed E-state index contributed by atoms with van der Waals surface area (Å²) in [4.78, 5) is 23.0. The van der Waals surface area contributed by atoms with Gasteiger partial charge in [-0.1, -0.05) is 6.92 Å². The van der Waals surface area contributed by atoms with Gasteiger partial charge in [-0.2, -0.15) is 0 Å². The second-order valence-electron chi connectivity index (χ2n) is 5.38. The minimum atomic E-state index is -0.125. The highest BCUT2D eigenvalue weighted by atomic mass is 32.1. The third-order valence-corrected chi connectivity index (χ3v) is 4.41. The number of hydrogen-bond acceptors (Lipinski definition) is 5. The Morgan fingerprint density at radius 1 is 1.41 bits per heavy atom. The topological polar surface area (TPSA) is 58.1 Å². The number of rotatable bonds is 6. The number of amides is 1. The van der Waals surface area contributed by atoms with Crippen LogP contribution in [0, 0.1) is 0 Å². The molecule has 0 atom stereocenters. The Hall–Kier alpha value is -1.95. The Bertz CT molecular complexity index is 621. The quantitative estimate of drug-likeness (QED) is 0.890. The molecule has 2 aromatic rings. The van der Waals surface area contributed by atoms with E-state index in [1.165, 1.54) is 0 Å². The van der Waals surface area contributed by atoms with E-state index >= 15 is 0 Å². The summed E-state index contributed by atoms with van der Waals surface area (Å²) in [6.07, 6.45) is 2.53. The average Bonchev–Trinajstić information content (AvgIpc) is 3.00. The molecule has 5 nitrogen and oxygen atoms in total.